The quantitative estimate of drug-likeness (QED) is 0.477. The molecule has 0 fully saturated rings. The molecule has 3 aromatic carbocycles. The van der Waals surface area contributed by atoms with Gasteiger partial charge in [0.25, 0.3) is 11.6 Å². The molecule has 3 N–H and O–H groups in total. The monoisotopic (exact) mass is 390 g/mol. The van der Waals surface area contributed by atoms with Crippen molar-refractivity contribution in [2.45, 2.75) is 25.9 Å². The molecule has 6 nitrogen and oxygen atoms in total. The highest BCUT2D eigenvalue weighted by Gasteiger charge is 2.26. The Hall–Kier alpha value is -3.51. The molecule has 0 saturated heterocycles. The molecular weight excluding hydrogens is 366 g/mol. The molecule has 148 valence electrons. The number of rotatable bonds is 7. The predicted molar refractivity (Wildman–Crippen MR) is 113 cm³/mol. The molecule has 1 amide bonds. The molecule has 6 heteroatoms. The van der Waals surface area contributed by atoms with E-state index in [1.54, 1.807) is 19.1 Å². The number of quaternary nitrogens is 1. The number of nitro benzene ring substituents is 1. The number of nitro groups is 1. The first-order valence-electron chi connectivity index (χ1n) is 9.46. The highest BCUT2D eigenvalue weighted by molar-refractivity contribution is 5.95. The molecule has 0 bridgehead atoms. The lowest BCUT2D eigenvalue weighted by Gasteiger charge is -2.21. The molecule has 2 atom stereocenters. The van der Waals surface area contributed by atoms with E-state index in [4.69, 9.17) is 0 Å². The van der Waals surface area contributed by atoms with Crippen LogP contribution in [-0.4, -0.2) is 16.9 Å². The van der Waals surface area contributed by atoms with Crippen LogP contribution in [0.15, 0.2) is 78.9 Å². The summed E-state index contributed by atoms with van der Waals surface area (Å²) in [5.41, 5.74) is 3.43. The van der Waals surface area contributed by atoms with E-state index < -0.39 is 11.0 Å². The number of nitrogens with two attached hydrogens (primary N) is 1. The Bertz CT molecular complexity index is 988. The van der Waals surface area contributed by atoms with Crippen LogP contribution >= 0.6 is 0 Å². The number of aryl methyl sites for hydroxylation is 1. The van der Waals surface area contributed by atoms with Crippen LogP contribution in [0.1, 0.15) is 29.7 Å². The number of carbonyl (C=O) groups is 1. The maximum Gasteiger partial charge on any atom is 0.292 e. The number of amides is 1. The number of carbonyl (C=O) groups excluding carboxylic acids is 1. The van der Waals surface area contributed by atoms with Gasteiger partial charge in [0.15, 0.2) is 6.04 Å². The zero-order chi connectivity index (χ0) is 20.8. The van der Waals surface area contributed by atoms with Gasteiger partial charge in [-0.25, -0.2) is 0 Å². The average Bonchev–Trinajstić information content (AvgIpc) is 2.73. The van der Waals surface area contributed by atoms with Gasteiger partial charge in [0.2, 0.25) is 0 Å². The van der Waals surface area contributed by atoms with Crippen molar-refractivity contribution in [2.24, 2.45) is 0 Å². The highest BCUT2D eigenvalue weighted by atomic mass is 16.6. The fourth-order valence-electron chi connectivity index (χ4n) is 3.21. The van der Waals surface area contributed by atoms with Gasteiger partial charge in [-0.3, -0.25) is 14.9 Å². The second-order valence-electron chi connectivity index (χ2n) is 7.04. The standard InChI is InChI=1S/C23H23N3O3/c1-16-12-14-19(15-13-16)22(18-8-4-3-5-9-18)24-17(2)23(27)25-20-10-6-7-11-21(20)26(28)29/h3-15,17,22,24H,1-2H3,(H,25,27)/p+1/t17-,22-/m1/s1. The van der Waals surface area contributed by atoms with E-state index in [2.05, 4.69) is 29.6 Å². The van der Waals surface area contributed by atoms with Gasteiger partial charge in [0.05, 0.1) is 4.92 Å². The van der Waals surface area contributed by atoms with Crippen molar-refractivity contribution < 1.29 is 15.0 Å². The summed E-state index contributed by atoms with van der Waals surface area (Å²) in [5.74, 6) is -0.285. The van der Waals surface area contributed by atoms with Crippen LogP contribution in [-0.2, 0) is 4.79 Å². The number of nitrogens with zero attached hydrogens (tertiary/aromatic N) is 1. The maximum absolute atomic E-state index is 12.8. The summed E-state index contributed by atoms with van der Waals surface area (Å²) in [6.45, 7) is 3.84. The zero-order valence-electron chi connectivity index (χ0n) is 16.4. The van der Waals surface area contributed by atoms with E-state index in [9.17, 15) is 14.9 Å². The largest absolute Gasteiger partial charge is 0.326 e. The number of hydrogen-bond donors (Lipinski definition) is 2. The Balaban J connectivity index is 1.81. The van der Waals surface area contributed by atoms with Crippen LogP contribution in [0.5, 0.6) is 0 Å². The van der Waals surface area contributed by atoms with Crippen LogP contribution < -0.4 is 10.6 Å². The second kappa shape index (κ2) is 9.12. The number of hydrogen-bond acceptors (Lipinski definition) is 3. The van der Waals surface area contributed by atoms with Gasteiger partial charge in [0.1, 0.15) is 11.7 Å². The van der Waals surface area contributed by atoms with Gasteiger partial charge >= 0.3 is 0 Å². The van der Waals surface area contributed by atoms with Crippen molar-refractivity contribution in [3.8, 4) is 0 Å². The van der Waals surface area contributed by atoms with Crippen LogP contribution in [0, 0.1) is 17.0 Å². The normalized spacial score (nSPS) is 12.8. The van der Waals surface area contributed by atoms with Crippen LogP contribution in [0.2, 0.25) is 0 Å². The fourth-order valence-corrected chi connectivity index (χ4v) is 3.21. The average molecular weight is 390 g/mol. The first-order valence-corrected chi connectivity index (χ1v) is 9.46. The van der Waals surface area contributed by atoms with Crippen molar-refractivity contribution in [1.29, 1.82) is 0 Å². The van der Waals surface area contributed by atoms with Crippen LogP contribution in [0.25, 0.3) is 0 Å². The van der Waals surface area contributed by atoms with Gasteiger partial charge in [0, 0.05) is 17.2 Å². The molecule has 0 heterocycles. The first-order chi connectivity index (χ1) is 14.0. The Morgan fingerprint density at radius 1 is 0.931 bits per heavy atom. The zero-order valence-corrected chi connectivity index (χ0v) is 16.4. The van der Waals surface area contributed by atoms with Crippen molar-refractivity contribution in [1.82, 2.24) is 0 Å². The van der Waals surface area contributed by atoms with Crippen molar-refractivity contribution in [3.05, 3.63) is 106 Å². The topological polar surface area (TPSA) is 88.8 Å². The van der Waals surface area contributed by atoms with Gasteiger partial charge in [-0.05, 0) is 19.9 Å². The second-order valence-corrected chi connectivity index (χ2v) is 7.04. The molecule has 0 aliphatic rings. The summed E-state index contributed by atoms with van der Waals surface area (Å²) in [6.07, 6.45) is 0. The maximum atomic E-state index is 12.8. The lowest BCUT2D eigenvalue weighted by molar-refractivity contribution is -0.704. The Morgan fingerprint density at radius 3 is 2.17 bits per heavy atom. The van der Waals surface area contributed by atoms with E-state index in [0.717, 1.165) is 11.1 Å². The molecule has 0 aliphatic carbocycles. The lowest BCUT2D eigenvalue weighted by Crippen LogP contribution is -2.92. The minimum absolute atomic E-state index is 0.0664. The smallest absolute Gasteiger partial charge is 0.292 e. The highest BCUT2D eigenvalue weighted by Crippen LogP contribution is 2.23. The first kappa shape index (κ1) is 20.2. The minimum atomic E-state index is -0.497. The molecule has 0 aliphatic heterocycles. The third-order valence-electron chi connectivity index (χ3n) is 4.85. The molecule has 0 unspecified atom stereocenters. The summed E-state index contributed by atoms with van der Waals surface area (Å²) in [7, 11) is 0. The van der Waals surface area contributed by atoms with Gasteiger partial charge in [-0.15, -0.1) is 0 Å². The number of nitrogens with one attached hydrogen (secondary N) is 1. The van der Waals surface area contributed by atoms with Crippen LogP contribution in [0.4, 0.5) is 11.4 Å². The molecule has 0 saturated carbocycles. The third-order valence-corrected chi connectivity index (χ3v) is 4.85. The molecule has 0 radical (unpaired) electrons. The van der Waals surface area contributed by atoms with Crippen LogP contribution in [0.3, 0.4) is 0 Å². The van der Waals surface area contributed by atoms with Crippen molar-refractivity contribution in [3.63, 3.8) is 0 Å². The predicted octanol–water partition coefficient (Wildman–Crippen LogP) is 3.58. The molecule has 0 aromatic heterocycles. The van der Waals surface area contributed by atoms with Gasteiger partial charge < -0.3 is 10.6 Å². The summed E-state index contributed by atoms with van der Waals surface area (Å²) in [6, 6.07) is 23.8. The lowest BCUT2D eigenvalue weighted by atomic mass is 9.97. The van der Waals surface area contributed by atoms with Crippen molar-refractivity contribution in [2.75, 3.05) is 5.32 Å². The van der Waals surface area contributed by atoms with E-state index in [1.807, 2.05) is 42.6 Å². The molecule has 0 spiro atoms. The van der Waals surface area contributed by atoms with Gasteiger partial charge in [-0.2, -0.15) is 0 Å². The molecule has 3 aromatic rings. The summed E-state index contributed by atoms with van der Waals surface area (Å²) in [5, 5.41) is 15.9. The summed E-state index contributed by atoms with van der Waals surface area (Å²) in [4.78, 5) is 23.5. The number of anilines is 1. The molecule has 3 rings (SSSR count). The Morgan fingerprint density at radius 2 is 1.52 bits per heavy atom. The van der Waals surface area contributed by atoms with E-state index in [0.29, 0.717) is 0 Å². The summed E-state index contributed by atoms with van der Waals surface area (Å²) >= 11 is 0. The van der Waals surface area contributed by atoms with E-state index >= 15 is 0 Å². The third kappa shape index (κ3) is 5.06. The minimum Gasteiger partial charge on any atom is -0.326 e. The number of para-hydroxylation sites is 2. The Labute approximate surface area is 169 Å². The SMILES string of the molecule is Cc1ccc([C@H]([NH2+][C@H](C)C(=O)Nc2ccccc2[N+](=O)[O-])c2ccccc2)cc1. The van der Waals surface area contributed by atoms with Crippen molar-refractivity contribution >= 4 is 17.3 Å². The molecular formula is C23H24N3O3+. The number of benzene rings is 3. The van der Waals surface area contributed by atoms with E-state index in [-0.39, 0.29) is 23.3 Å². The molecule has 29 heavy (non-hydrogen) atoms. The summed E-state index contributed by atoms with van der Waals surface area (Å²) < 4.78 is 0. The fraction of sp³-hybridized carbons (Fsp3) is 0.174. The Kier molecular flexibility index (Phi) is 6.36. The van der Waals surface area contributed by atoms with E-state index in [1.165, 1.54) is 17.7 Å². The van der Waals surface area contributed by atoms with Gasteiger partial charge in [-0.1, -0.05) is 72.3 Å².